The second-order valence-corrected chi connectivity index (χ2v) is 9.40. The molecular weight excluding hydrogens is 193 g/mol. The Morgan fingerprint density at radius 1 is 1.15 bits per heavy atom. The summed E-state index contributed by atoms with van der Waals surface area (Å²) in [4.78, 5) is 0. The normalized spacial score (nSPS) is 13.8. The fourth-order valence-corrected chi connectivity index (χ4v) is 5.56. The topological polar surface area (TPSA) is 0 Å². The molecule has 0 saturated carbocycles. The molecule has 72 valence electrons. The number of hydrogen-bond acceptors (Lipinski definition) is 0. The molecule has 0 saturated heterocycles. The van der Waals surface area contributed by atoms with Crippen LogP contribution in [0.4, 0.5) is 0 Å². The third kappa shape index (κ3) is 8.97. The van der Waals surface area contributed by atoms with E-state index in [0.29, 0.717) is 10.7 Å². The second-order valence-electron chi connectivity index (χ2n) is 5.74. The molecule has 2 radical (unpaired) electrons. The van der Waals surface area contributed by atoms with Crippen molar-refractivity contribution < 1.29 is 0 Å². The van der Waals surface area contributed by atoms with Crippen LogP contribution in [0.5, 0.6) is 0 Å². The van der Waals surface area contributed by atoms with Crippen molar-refractivity contribution in [1.29, 1.82) is 0 Å². The predicted molar refractivity (Wildman–Crippen MR) is 69.8 cm³/mol. The number of hydrogen-bond donors (Lipinski definition) is 0. The Kier molecular flexibility index (Phi) is 5.18. The van der Waals surface area contributed by atoms with Gasteiger partial charge in [0.25, 0.3) is 0 Å². The first kappa shape index (κ1) is 13.6. The molecular formula is C9H20B2PS+. The van der Waals surface area contributed by atoms with Crippen molar-refractivity contribution in [3.63, 3.8) is 0 Å². The Balaban J connectivity index is 4.33. The first-order valence-corrected chi connectivity index (χ1v) is 7.72. The summed E-state index contributed by atoms with van der Waals surface area (Å²) in [5.74, 6) is 0. The van der Waals surface area contributed by atoms with Gasteiger partial charge in [0.15, 0.2) is 0 Å². The Hall–Kier alpha value is 0.650. The van der Waals surface area contributed by atoms with Gasteiger partial charge in [0.05, 0.1) is 0 Å². The zero-order valence-electron chi connectivity index (χ0n) is 9.72. The summed E-state index contributed by atoms with van der Waals surface area (Å²) in [6.07, 6.45) is 1.21. The van der Waals surface area contributed by atoms with E-state index in [2.05, 4.69) is 48.5 Å². The molecule has 1 unspecified atom stereocenters. The Bertz CT molecular complexity index is 201. The minimum atomic E-state index is -0.165. The molecule has 0 aliphatic carbocycles. The van der Waals surface area contributed by atoms with Gasteiger partial charge in [-0.3, -0.25) is 0 Å². The van der Waals surface area contributed by atoms with Crippen molar-refractivity contribution in [2.75, 3.05) is 6.16 Å². The second kappa shape index (κ2) is 4.94. The fraction of sp³-hybridized carbons (Fsp3) is 1.00. The van der Waals surface area contributed by atoms with Gasteiger partial charge in [0.1, 0.15) is 0 Å². The molecule has 1 atom stereocenters. The van der Waals surface area contributed by atoms with Crippen LogP contribution in [-0.2, 0) is 10.4 Å². The van der Waals surface area contributed by atoms with Gasteiger partial charge in [0, 0.05) is 0 Å². The standard InChI is InChI=1S/C9H20B2PS/c1-8(2,3)7-12(13-10)11-9(4,5)6/h7H2,1-6H3/q+1. The summed E-state index contributed by atoms with van der Waals surface area (Å²) in [5, 5.41) is 0.295. The molecule has 0 aromatic carbocycles. The van der Waals surface area contributed by atoms with E-state index in [0.717, 1.165) is 0 Å². The number of rotatable bonds is 2. The third-order valence-electron chi connectivity index (χ3n) is 1.30. The van der Waals surface area contributed by atoms with E-state index in [1.54, 1.807) is 0 Å². The molecule has 13 heavy (non-hydrogen) atoms. The van der Waals surface area contributed by atoms with Crippen LogP contribution in [0.1, 0.15) is 41.5 Å². The van der Waals surface area contributed by atoms with Gasteiger partial charge in [0.2, 0.25) is 0 Å². The fourth-order valence-electron chi connectivity index (χ4n) is 1.01. The van der Waals surface area contributed by atoms with Crippen LogP contribution >= 0.6 is 6.58 Å². The van der Waals surface area contributed by atoms with E-state index in [9.17, 15) is 0 Å². The van der Waals surface area contributed by atoms with Crippen LogP contribution in [-0.4, -0.2) is 19.9 Å². The monoisotopic (exact) mass is 213 g/mol. The molecule has 0 N–H and O–H groups in total. The Morgan fingerprint density at radius 3 is 1.85 bits per heavy atom. The molecule has 0 bridgehead atoms. The molecule has 0 aromatic rings. The maximum absolute atomic E-state index is 5.70. The van der Waals surface area contributed by atoms with Gasteiger partial charge >= 0.3 is 89.1 Å². The van der Waals surface area contributed by atoms with Gasteiger partial charge in [-0.05, 0) is 0 Å². The van der Waals surface area contributed by atoms with Crippen molar-refractivity contribution >= 4 is 30.7 Å². The maximum atomic E-state index is 5.70. The van der Waals surface area contributed by atoms with E-state index < -0.39 is 0 Å². The van der Waals surface area contributed by atoms with Gasteiger partial charge in [-0.25, -0.2) is 0 Å². The molecule has 0 nitrogen and oxygen atoms in total. The summed E-state index contributed by atoms with van der Waals surface area (Å²) in [7, 11) is 1.53. The van der Waals surface area contributed by atoms with Crippen LogP contribution in [0.15, 0.2) is 0 Å². The van der Waals surface area contributed by atoms with Crippen molar-refractivity contribution in [2.24, 2.45) is 5.41 Å². The van der Waals surface area contributed by atoms with E-state index >= 15 is 0 Å². The first-order chi connectivity index (χ1) is 5.64. The van der Waals surface area contributed by atoms with Gasteiger partial charge in [-0.15, -0.1) is 0 Å². The van der Waals surface area contributed by atoms with Crippen molar-refractivity contribution in [2.45, 2.75) is 46.9 Å². The van der Waals surface area contributed by atoms with Crippen LogP contribution in [0.25, 0.3) is 0 Å². The summed E-state index contributed by atoms with van der Waals surface area (Å²) in [6.45, 7) is 21.5. The van der Waals surface area contributed by atoms with Crippen molar-refractivity contribution in [3.8, 4) is 0 Å². The molecule has 0 aromatic heterocycles. The quantitative estimate of drug-likeness (QED) is 0.486. The molecule has 0 heterocycles. The summed E-state index contributed by atoms with van der Waals surface area (Å²) in [5.41, 5.74) is 0.389. The van der Waals surface area contributed by atoms with Crippen molar-refractivity contribution in [1.82, 2.24) is 0 Å². The van der Waals surface area contributed by atoms with E-state index in [1.165, 1.54) is 16.5 Å². The predicted octanol–water partition coefficient (Wildman–Crippen LogP) is 3.43. The Labute approximate surface area is 89.3 Å². The third-order valence-corrected chi connectivity index (χ3v) is 5.41. The zero-order chi connectivity index (χ0) is 10.7. The summed E-state index contributed by atoms with van der Waals surface area (Å²) >= 11 is 0. The van der Waals surface area contributed by atoms with Crippen LogP contribution in [0.3, 0.4) is 0 Å². The summed E-state index contributed by atoms with van der Waals surface area (Å²) < 4.78 is 0. The first-order valence-electron chi connectivity index (χ1n) is 4.63. The molecule has 0 fully saturated rings. The minimum absolute atomic E-state index is 0.165. The molecule has 0 aliphatic rings. The Morgan fingerprint density at radius 2 is 1.62 bits per heavy atom. The van der Waals surface area contributed by atoms with Gasteiger partial charge in [-0.2, -0.15) is 0 Å². The van der Waals surface area contributed by atoms with E-state index in [-0.39, 0.29) is 6.58 Å². The van der Waals surface area contributed by atoms with Crippen LogP contribution in [0.2, 0.25) is 5.31 Å². The van der Waals surface area contributed by atoms with Crippen LogP contribution in [0, 0.1) is 5.41 Å². The molecule has 0 spiro atoms. The van der Waals surface area contributed by atoms with Crippen molar-refractivity contribution in [3.05, 3.63) is 0 Å². The molecule has 0 rings (SSSR count). The molecule has 0 amide bonds. The molecule has 0 aliphatic heterocycles. The van der Waals surface area contributed by atoms with Gasteiger partial charge < -0.3 is 0 Å². The SMILES string of the molecule is [B]=S=[P+]([B]C(C)(C)C)CC(C)(C)C. The van der Waals surface area contributed by atoms with Crippen LogP contribution < -0.4 is 0 Å². The van der Waals surface area contributed by atoms with Gasteiger partial charge in [-0.1, -0.05) is 0 Å². The molecule has 4 heteroatoms. The van der Waals surface area contributed by atoms with E-state index in [1.807, 2.05) is 0 Å². The average molecular weight is 213 g/mol. The van der Waals surface area contributed by atoms with E-state index in [4.69, 9.17) is 6.72 Å². The summed E-state index contributed by atoms with van der Waals surface area (Å²) in [6, 6.07) is 0. The average Bonchev–Trinajstić information content (AvgIpc) is 1.79. The zero-order valence-corrected chi connectivity index (χ0v) is 11.4.